The number of pyridine rings is 1. The topological polar surface area (TPSA) is 80.8 Å². The van der Waals surface area contributed by atoms with Crippen molar-refractivity contribution in [2.24, 2.45) is 0 Å². The molecule has 0 N–H and O–H groups in total. The first kappa shape index (κ1) is 25.0. The van der Waals surface area contributed by atoms with Crippen LogP contribution in [0.15, 0.2) is 67.1 Å². The van der Waals surface area contributed by atoms with Gasteiger partial charge in [0.15, 0.2) is 5.65 Å². The van der Waals surface area contributed by atoms with E-state index >= 15 is 4.39 Å². The Hall–Kier alpha value is -4.31. The van der Waals surface area contributed by atoms with Gasteiger partial charge in [-0.25, -0.2) is 19.2 Å². The van der Waals surface area contributed by atoms with Crippen LogP contribution in [0, 0.1) is 0 Å². The van der Waals surface area contributed by atoms with Crippen molar-refractivity contribution in [2.45, 2.75) is 25.7 Å². The largest absolute Gasteiger partial charge is 0.462 e. The molecule has 200 valence electrons. The number of hydrogen-bond acceptors (Lipinski definition) is 7. The quantitative estimate of drug-likeness (QED) is 0.291. The Morgan fingerprint density at radius 2 is 1.97 bits per heavy atom. The molecule has 1 aliphatic rings. The first-order valence-electron chi connectivity index (χ1n) is 13.0. The number of likely N-dealkylation sites (tertiary alicyclic amines) is 1. The predicted octanol–water partition coefficient (Wildman–Crippen LogP) is 4.38. The predicted molar refractivity (Wildman–Crippen MR) is 148 cm³/mol. The monoisotopic (exact) mass is 527 g/mol. The fraction of sp³-hybridized carbons (Fsp3) is 0.310. The Bertz CT molecular complexity index is 1650. The number of anilines is 1. The first-order chi connectivity index (χ1) is 18.9. The van der Waals surface area contributed by atoms with Crippen LogP contribution in [0.3, 0.4) is 0 Å². The summed E-state index contributed by atoms with van der Waals surface area (Å²) < 4.78 is 23.9. The van der Waals surface area contributed by atoms with E-state index in [4.69, 9.17) is 9.72 Å². The Morgan fingerprint density at radius 3 is 2.72 bits per heavy atom. The lowest BCUT2D eigenvalue weighted by Gasteiger charge is -2.21. The number of halogens is 1. The summed E-state index contributed by atoms with van der Waals surface area (Å²) in [5.41, 5.74) is 3.97. The molecule has 0 spiro atoms. The van der Waals surface area contributed by atoms with E-state index in [1.54, 1.807) is 17.6 Å². The highest BCUT2D eigenvalue weighted by atomic mass is 19.1. The number of rotatable bonds is 7. The van der Waals surface area contributed by atoms with Crippen LogP contribution in [-0.4, -0.2) is 75.0 Å². The third-order valence-corrected chi connectivity index (χ3v) is 7.23. The van der Waals surface area contributed by atoms with Crippen LogP contribution in [0.5, 0.6) is 0 Å². The summed E-state index contributed by atoms with van der Waals surface area (Å²) in [6.45, 7) is 3.60. The van der Waals surface area contributed by atoms with Crippen LogP contribution >= 0.6 is 0 Å². The minimum Gasteiger partial charge on any atom is -0.462 e. The number of nitrogens with zero attached hydrogens (tertiary/aromatic N) is 7. The first-order valence-corrected chi connectivity index (χ1v) is 13.0. The molecule has 9 nitrogen and oxygen atoms in total. The van der Waals surface area contributed by atoms with E-state index in [-0.39, 0.29) is 18.2 Å². The van der Waals surface area contributed by atoms with Gasteiger partial charge < -0.3 is 19.1 Å². The second-order valence-electron chi connectivity index (χ2n) is 9.98. The number of likely N-dealkylation sites (N-methyl/N-ethyl adjacent to an activating group) is 1. The smallest absolute Gasteiger partial charge is 0.343 e. The number of carbonyl (C=O) groups is 1. The van der Waals surface area contributed by atoms with E-state index in [1.165, 1.54) is 6.20 Å². The molecule has 0 aliphatic carbocycles. The van der Waals surface area contributed by atoms with Gasteiger partial charge in [0.25, 0.3) is 0 Å². The molecule has 0 saturated carbocycles. The third-order valence-electron chi connectivity index (χ3n) is 7.23. The SMILES string of the molecule is CCOC(=O)c1cnn2c(N(C)Cc3ccccc3)cc(-c3cn([C@@H]4CN(C)C[C@H]4F)c4ncccc34)nc12. The van der Waals surface area contributed by atoms with Gasteiger partial charge in [-0.2, -0.15) is 9.61 Å². The number of aromatic nitrogens is 5. The zero-order valence-corrected chi connectivity index (χ0v) is 22.2. The lowest BCUT2D eigenvalue weighted by molar-refractivity contribution is 0.0528. The van der Waals surface area contributed by atoms with Gasteiger partial charge in [-0.15, -0.1) is 0 Å². The second kappa shape index (κ2) is 10.1. The third kappa shape index (κ3) is 4.50. The van der Waals surface area contributed by atoms with E-state index in [1.807, 2.05) is 66.2 Å². The van der Waals surface area contributed by atoms with Gasteiger partial charge in [-0.1, -0.05) is 30.3 Å². The van der Waals surface area contributed by atoms with Crippen molar-refractivity contribution in [1.82, 2.24) is 29.0 Å². The highest BCUT2D eigenvalue weighted by Crippen LogP contribution is 2.36. The van der Waals surface area contributed by atoms with E-state index in [9.17, 15) is 4.79 Å². The molecule has 0 radical (unpaired) electrons. The van der Waals surface area contributed by atoms with Crippen molar-refractivity contribution in [2.75, 3.05) is 38.7 Å². The van der Waals surface area contributed by atoms with E-state index < -0.39 is 12.1 Å². The zero-order valence-electron chi connectivity index (χ0n) is 22.2. The molecule has 2 atom stereocenters. The highest BCUT2D eigenvalue weighted by molar-refractivity contribution is 5.98. The molecule has 10 heteroatoms. The molecule has 1 aliphatic heterocycles. The molecule has 6 rings (SSSR count). The molecule has 4 aromatic heterocycles. The number of hydrogen-bond donors (Lipinski definition) is 0. The average Bonchev–Trinajstić information content (AvgIpc) is 3.63. The molecule has 1 fully saturated rings. The number of benzene rings is 1. The lowest BCUT2D eigenvalue weighted by atomic mass is 10.1. The number of esters is 1. The highest BCUT2D eigenvalue weighted by Gasteiger charge is 2.34. The molecule has 0 bridgehead atoms. The van der Waals surface area contributed by atoms with Crippen molar-refractivity contribution in [1.29, 1.82) is 0 Å². The summed E-state index contributed by atoms with van der Waals surface area (Å²) in [6, 6.07) is 15.6. The fourth-order valence-corrected chi connectivity index (χ4v) is 5.38. The van der Waals surface area contributed by atoms with E-state index in [0.29, 0.717) is 36.6 Å². The van der Waals surface area contributed by atoms with Crippen LogP contribution in [0.25, 0.3) is 27.9 Å². The molecule has 0 amide bonds. The van der Waals surface area contributed by atoms with Crippen molar-refractivity contribution in [3.05, 3.63) is 78.2 Å². The Kier molecular flexibility index (Phi) is 6.48. The maximum Gasteiger partial charge on any atom is 0.343 e. The zero-order chi connectivity index (χ0) is 27.1. The van der Waals surface area contributed by atoms with Gasteiger partial charge in [0.05, 0.1) is 24.5 Å². The summed E-state index contributed by atoms with van der Waals surface area (Å²) in [7, 11) is 3.90. The van der Waals surface area contributed by atoms with Crippen LogP contribution < -0.4 is 4.90 Å². The van der Waals surface area contributed by atoms with Crippen LogP contribution in [0.4, 0.5) is 10.2 Å². The van der Waals surface area contributed by atoms with Crippen LogP contribution in [0.1, 0.15) is 28.9 Å². The molecule has 39 heavy (non-hydrogen) atoms. The van der Waals surface area contributed by atoms with Gasteiger partial charge in [0.2, 0.25) is 0 Å². The Labute approximate surface area is 225 Å². The van der Waals surface area contributed by atoms with Gasteiger partial charge in [0, 0.05) is 56.1 Å². The standard InChI is InChI=1S/C29H30FN7O2/c1-4-39-29(38)21-14-32-37-26(35(3)15-19-9-6-5-7-10-19)13-24(33-28(21)37)22-16-36(25-18-34(2)17-23(25)30)27-20(22)11-8-12-31-27/h5-14,16,23,25H,4,15,17-18H2,1-3H3/t23-,25-/m1/s1. The number of ether oxygens (including phenoxy) is 1. The average molecular weight is 528 g/mol. The summed E-state index contributed by atoms with van der Waals surface area (Å²) in [6.07, 6.45) is 4.15. The second-order valence-corrected chi connectivity index (χ2v) is 9.98. The van der Waals surface area contributed by atoms with Gasteiger partial charge in [-0.05, 0) is 31.7 Å². The number of carbonyl (C=O) groups excluding carboxylic acids is 1. The van der Waals surface area contributed by atoms with Gasteiger partial charge >= 0.3 is 5.97 Å². The van der Waals surface area contributed by atoms with Crippen LogP contribution in [-0.2, 0) is 11.3 Å². The minimum absolute atomic E-state index is 0.246. The van der Waals surface area contributed by atoms with Crippen molar-refractivity contribution >= 4 is 28.5 Å². The normalized spacial score (nSPS) is 17.7. The summed E-state index contributed by atoms with van der Waals surface area (Å²) in [5.74, 6) is 0.273. The molecular formula is C29H30FN7O2. The molecule has 1 aromatic carbocycles. The fourth-order valence-electron chi connectivity index (χ4n) is 5.38. The maximum absolute atomic E-state index is 15.0. The van der Waals surface area contributed by atoms with E-state index in [2.05, 4.69) is 27.1 Å². The number of fused-ring (bicyclic) bond motifs is 2. The Morgan fingerprint density at radius 1 is 1.15 bits per heavy atom. The van der Waals surface area contributed by atoms with Crippen LogP contribution in [0.2, 0.25) is 0 Å². The summed E-state index contributed by atoms with van der Waals surface area (Å²) in [5, 5.41) is 5.37. The molecule has 5 heterocycles. The van der Waals surface area contributed by atoms with Crippen molar-refractivity contribution in [3.63, 3.8) is 0 Å². The molecule has 1 saturated heterocycles. The van der Waals surface area contributed by atoms with Gasteiger partial charge in [-0.3, -0.25) is 0 Å². The maximum atomic E-state index is 15.0. The number of alkyl halides is 1. The lowest BCUT2D eigenvalue weighted by Crippen LogP contribution is -2.20. The molecular weight excluding hydrogens is 497 g/mol. The minimum atomic E-state index is -1.01. The van der Waals surface area contributed by atoms with Crippen molar-refractivity contribution < 1.29 is 13.9 Å². The van der Waals surface area contributed by atoms with Crippen molar-refractivity contribution in [3.8, 4) is 11.3 Å². The van der Waals surface area contributed by atoms with Gasteiger partial charge in [0.1, 0.15) is 23.2 Å². The van der Waals surface area contributed by atoms with E-state index in [0.717, 1.165) is 22.3 Å². The molecule has 5 aromatic rings. The molecule has 0 unspecified atom stereocenters. The Balaban J connectivity index is 1.53. The summed E-state index contributed by atoms with van der Waals surface area (Å²) >= 11 is 0. The summed E-state index contributed by atoms with van der Waals surface area (Å²) in [4.78, 5) is 26.4.